The van der Waals surface area contributed by atoms with E-state index in [1.165, 1.54) is 6.92 Å². The molecule has 1 aliphatic carbocycles. The van der Waals surface area contributed by atoms with Gasteiger partial charge in [-0.25, -0.2) is 8.42 Å². The minimum Gasteiger partial charge on any atom is -0.403 e. The first-order chi connectivity index (χ1) is 19.1. The lowest BCUT2D eigenvalue weighted by Gasteiger charge is -2.39. The third kappa shape index (κ3) is 6.17. The van der Waals surface area contributed by atoms with Gasteiger partial charge in [-0.3, -0.25) is 9.59 Å². The number of carbonyl (C=O) groups is 2. The maximum Gasteiger partial charge on any atom is 0.457 e. The highest BCUT2D eigenvalue weighted by Crippen LogP contribution is 2.58. The minimum absolute atomic E-state index is 0.131. The van der Waals surface area contributed by atoms with E-state index in [1.807, 2.05) is 67.5 Å². The summed E-state index contributed by atoms with van der Waals surface area (Å²) in [5.41, 5.74) is -2.06. The molecule has 4 atom stereocenters. The van der Waals surface area contributed by atoms with Crippen LogP contribution in [0, 0.1) is 24.2 Å². The number of hydrogen-bond donors (Lipinski definition) is 2. The Balaban J connectivity index is 1.65. The van der Waals surface area contributed by atoms with Gasteiger partial charge in [-0.15, -0.1) is 0 Å². The van der Waals surface area contributed by atoms with Crippen molar-refractivity contribution in [1.82, 2.24) is 14.9 Å². The summed E-state index contributed by atoms with van der Waals surface area (Å²) >= 11 is 0. The molecule has 9 nitrogen and oxygen atoms in total. The summed E-state index contributed by atoms with van der Waals surface area (Å²) < 4.78 is 41.5. The van der Waals surface area contributed by atoms with Crippen LogP contribution in [0.2, 0.25) is 6.32 Å². The molecule has 42 heavy (non-hydrogen) atoms. The first kappa shape index (κ1) is 33.0. The number of fused-ring (bicyclic) bond motifs is 1. The lowest BCUT2D eigenvalue weighted by Crippen LogP contribution is -2.64. The van der Waals surface area contributed by atoms with E-state index in [2.05, 4.69) is 17.6 Å². The van der Waals surface area contributed by atoms with Crippen molar-refractivity contribution in [2.24, 2.45) is 17.3 Å². The normalized spacial score (nSPS) is 30.8. The highest BCUT2D eigenvalue weighted by atomic mass is 32.2. The summed E-state index contributed by atoms with van der Waals surface area (Å²) in [6.45, 7) is 19.9. The third-order valence-electron chi connectivity index (χ3n) is 9.84. The second kappa shape index (κ2) is 10.9. The zero-order chi connectivity index (χ0) is 31.5. The Labute approximate surface area is 253 Å². The average Bonchev–Trinajstić information content (AvgIpc) is 3.35. The zero-order valence-corrected chi connectivity index (χ0v) is 27.9. The Bertz CT molecular complexity index is 1290. The first-order valence-corrected chi connectivity index (χ1v) is 16.6. The summed E-state index contributed by atoms with van der Waals surface area (Å²) in [4.78, 5) is 27.1. The molecular weight excluding hydrogens is 553 g/mol. The summed E-state index contributed by atoms with van der Waals surface area (Å²) in [6.07, 6.45) is 2.30. The van der Waals surface area contributed by atoms with Crippen LogP contribution < -0.4 is 10.6 Å². The van der Waals surface area contributed by atoms with Crippen molar-refractivity contribution in [2.75, 3.05) is 13.1 Å². The van der Waals surface area contributed by atoms with E-state index in [1.54, 1.807) is 16.4 Å². The third-order valence-corrected chi connectivity index (χ3v) is 11.7. The molecule has 0 aromatic heterocycles. The highest BCUT2D eigenvalue weighted by molar-refractivity contribution is 7.89. The summed E-state index contributed by atoms with van der Waals surface area (Å²) in [5.74, 6) is -0.903. The molecule has 2 heterocycles. The number of nitrogens with zero attached hydrogens (tertiary/aromatic N) is 1. The van der Waals surface area contributed by atoms with E-state index in [9.17, 15) is 18.0 Å². The van der Waals surface area contributed by atoms with Crippen LogP contribution in [-0.2, 0) is 28.9 Å². The predicted octanol–water partition coefficient (Wildman–Crippen LogP) is 4.30. The van der Waals surface area contributed by atoms with E-state index < -0.39 is 37.7 Å². The zero-order valence-electron chi connectivity index (χ0n) is 27.1. The van der Waals surface area contributed by atoms with Gasteiger partial charge in [-0.1, -0.05) is 31.0 Å². The smallest absolute Gasteiger partial charge is 0.403 e. The van der Waals surface area contributed by atoms with Crippen LogP contribution >= 0.6 is 0 Å². The van der Waals surface area contributed by atoms with Gasteiger partial charge in [0.05, 0.1) is 16.1 Å². The van der Waals surface area contributed by atoms with Crippen molar-refractivity contribution in [3.63, 3.8) is 0 Å². The minimum atomic E-state index is -3.72. The molecule has 1 aromatic carbocycles. The molecule has 3 aliphatic rings. The Morgan fingerprint density at radius 2 is 1.62 bits per heavy atom. The molecule has 4 rings (SSSR count). The number of carbonyl (C=O) groups excluding carboxylic acids is 2. The van der Waals surface area contributed by atoms with Gasteiger partial charge in [0.25, 0.3) is 0 Å². The summed E-state index contributed by atoms with van der Waals surface area (Å²) in [5, 5.41) is 6.23. The van der Waals surface area contributed by atoms with Gasteiger partial charge < -0.3 is 19.9 Å². The Hall–Kier alpha value is -1.95. The SMILES string of the molecule is CC(=O)NC1(C(=O)NC(C)(C)C)CC2(C)CN(S(=O)(=O)c3ccc(C)cc3)CC2C1CCCB1OC(C)(C)C(C)(C)O1. The van der Waals surface area contributed by atoms with Crippen LogP contribution in [0.25, 0.3) is 0 Å². The molecule has 1 aromatic rings. The largest absolute Gasteiger partial charge is 0.457 e. The van der Waals surface area contributed by atoms with Gasteiger partial charge in [0.2, 0.25) is 21.8 Å². The Morgan fingerprint density at radius 3 is 2.14 bits per heavy atom. The monoisotopic (exact) mass is 603 g/mol. The Kier molecular flexibility index (Phi) is 8.55. The molecule has 2 saturated heterocycles. The van der Waals surface area contributed by atoms with Crippen molar-refractivity contribution in [2.45, 2.75) is 122 Å². The van der Waals surface area contributed by atoms with Crippen LogP contribution in [-0.4, -0.2) is 67.0 Å². The number of amides is 2. The predicted molar refractivity (Wildman–Crippen MR) is 164 cm³/mol. The lowest BCUT2D eigenvalue weighted by molar-refractivity contribution is -0.136. The van der Waals surface area contributed by atoms with Crippen LogP contribution in [0.5, 0.6) is 0 Å². The van der Waals surface area contributed by atoms with Gasteiger partial charge in [0, 0.05) is 25.6 Å². The molecule has 234 valence electrons. The van der Waals surface area contributed by atoms with Gasteiger partial charge in [-0.05, 0) is 104 Å². The second-order valence-corrected chi connectivity index (χ2v) is 17.1. The van der Waals surface area contributed by atoms with Gasteiger partial charge >= 0.3 is 7.12 Å². The van der Waals surface area contributed by atoms with Crippen molar-refractivity contribution >= 4 is 29.0 Å². The number of aryl methyl sites for hydroxylation is 1. The van der Waals surface area contributed by atoms with Crippen molar-refractivity contribution < 1.29 is 27.3 Å². The van der Waals surface area contributed by atoms with Crippen LogP contribution in [0.4, 0.5) is 0 Å². The molecule has 2 aliphatic heterocycles. The quantitative estimate of drug-likeness (QED) is 0.429. The van der Waals surface area contributed by atoms with E-state index in [4.69, 9.17) is 9.31 Å². The fourth-order valence-electron chi connectivity index (χ4n) is 7.22. The summed E-state index contributed by atoms with van der Waals surface area (Å²) in [7, 11) is -4.09. The lowest BCUT2D eigenvalue weighted by atomic mass is 9.74. The van der Waals surface area contributed by atoms with Crippen molar-refractivity contribution in [3.05, 3.63) is 29.8 Å². The van der Waals surface area contributed by atoms with Gasteiger partial charge in [0.15, 0.2) is 0 Å². The van der Waals surface area contributed by atoms with E-state index >= 15 is 0 Å². The number of sulfonamides is 1. The molecule has 0 bridgehead atoms. The molecule has 11 heteroatoms. The molecule has 2 amide bonds. The van der Waals surface area contributed by atoms with E-state index in [0.717, 1.165) is 5.56 Å². The Morgan fingerprint density at radius 1 is 1.05 bits per heavy atom. The molecule has 4 unspecified atom stereocenters. The fourth-order valence-corrected chi connectivity index (χ4v) is 8.82. The second-order valence-electron chi connectivity index (χ2n) is 15.1. The number of hydrogen-bond acceptors (Lipinski definition) is 6. The van der Waals surface area contributed by atoms with E-state index in [0.29, 0.717) is 25.6 Å². The van der Waals surface area contributed by atoms with Crippen LogP contribution in [0.1, 0.15) is 87.1 Å². The topological polar surface area (TPSA) is 114 Å². The van der Waals surface area contributed by atoms with Crippen LogP contribution in [0.15, 0.2) is 29.2 Å². The molecule has 3 fully saturated rings. The molecule has 1 saturated carbocycles. The molecule has 2 N–H and O–H groups in total. The molecular formula is C31H50BN3O6S. The van der Waals surface area contributed by atoms with Crippen molar-refractivity contribution in [3.8, 4) is 0 Å². The molecule has 0 radical (unpaired) electrons. The maximum absolute atomic E-state index is 14.1. The average molecular weight is 604 g/mol. The standard InChI is InChI=1S/C31H50BN3O6S/c1-21-13-15-23(16-14-21)42(38,39)35-18-25-24(12-11-17-32-40-28(6,7)29(8,9)41-32)31(33-22(2)36,19-30(25,10)20-35)26(37)34-27(3,4)5/h13-16,24-25H,11-12,17-20H2,1-10H3,(H,33,36)(H,34,37). The number of nitrogens with one attached hydrogen (secondary N) is 2. The van der Waals surface area contributed by atoms with Gasteiger partial charge in [-0.2, -0.15) is 4.31 Å². The maximum atomic E-state index is 14.1. The highest BCUT2D eigenvalue weighted by Gasteiger charge is 2.66. The summed E-state index contributed by atoms with van der Waals surface area (Å²) in [6, 6.07) is 6.93. The fraction of sp³-hybridized carbons (Fsp3) is 0.742. The van der Waals surface area contributed by atoms with Gasteiger partial charge in [0.1, 0.15) is 5.54 Å². The van der Waals surface area contributed by atoms with Crippen molar-refractivity contribution in [1.29, 1.82) is 0 Å². The van der Waals surface area contributed by atoms with Crippen LogP contribution in [0.3, 0.4) is 0 Å². The number of rotatable bonds is 8. The number of benzene rings is 1. The molecule has 0 spiro atoms. The first-order valence-electron chi connectivity index (χ1n) is 15.2. The van der Waals surface area contributed by atoms with E-state index in [-0.39, 0.29) is 48.8 Å².